The molecule has 7 nitrogen and oxygen atoms in total. The van der Waals surface area contributed by atoms with E-state index in [-0.39, 0.29) is 22.8 Å². The van der Waals surface area contributed by atoms with Gasteiger partial charge < -0.3 is 14.5 Å². The molecule has 6 rings (SSSR count). The first kappa shape index (κ1) is 28.3. The normalized spacial score (nSPS) is 20.9. The third-order valence-electron chi connectivity index (χ3n) is 8.61. The number of amides is 2. The van der Waals surface area contributed by atoms with Crippen LogP contribution in [-0.2, 0) is 9.53 Å². The van der Waals surface area contributed by atoms with Crippen molar-refractivity contribution in [3.05, 3.63) is 63.9 Å². The molecule has 3 saturated heterocycles. The zero-order valence-electron chi connectivity index (χ0n) is 22.8. The Kier molecular flexibility index (Phi) is 8.45. The quantitative estimate of drug-likeness (QED) is 0.395. The van der Waals surface area contributed by atoms with E-state index in [1.54, 1.807) is 18.2 Å². The first-order valence-electron chi connectivity index (χ1n) is 14.3. The molecule has 0 radical (unpaired) electrons. The number of halogens is 3. The highest BCUT2D eigenvalue weighted by atomic mass is 35.5. The zero-order valence-corrected chi connectivity index (χ0v) is 24.3. The van der Waals surface area contributed by atoms with E-state index < -0.39 is 5.82 Å². The van der Waals surface area contributed by atoms with E-state index in [9.17, 15) is 14.0 Å². The minimum Gasteiger partial charge on any atom is -0.378 e. The second-order valence-electron chi connectivity index (χ2n) is 11.1. The Hall–Kier alpha value is -2.78. The number of rotatable bonds is 4. The predicted molar refractivity (Wildman–Crippen MR) is 158 cm³/mol. The third kappa shape index (κ3) is 6.07. The fourth-order valence-corrected chi connectivity index (χ4v) is 6.64. The molecule has 3 aliphatic heterocycles. The molecule has 41 heavy (non-hydrogen) atoms. The van der Waals surface area contributed by atoms with Crippen molar-refractivity contribution in [2.45, 2.75) is 31.7 Å². The third-order valence-corrected chi connectivity index (χ3v) is 9.16. The molecule has 4 heterocycles. The second kappa shape index (κ2) is 12.2. The Balaban J connectivity index is 1.17. The number of pyridine rings is 1. The average molecular weight is 600 g/mol. The summed E-state index contributed by atoms with van der Waals surface area (Å²) in [6.07, 6.45) is 3.59. The van der Waals surface area contributed by atoms with Gasteiger partial charge in [-0.2, -0.15) is 0 Å². The lowest BCUT2D eigenvalue weighted by Gasteiger charge is -2.43. The Morgan fingerprint density at radius 1 is 0.902 bits per heavy atom. The Morgan fingerprint density at radius 2 is 1.63 bits per heavy atom. The van der Waals surface area contributed by atoms with Gasteiger partial charge in [-0.1, -0.05) is 35.3 Å². The van der Waals surface area contributed by atoms with Gasteiger partial charge in [0, 0.05) is 54.7 Å². The summed E-state index contributed by atoms with van der Waals surface area (Å²) in [6, 6.07) is 12.1. The van der Waals surface area contributed by atoms with Crippen LogP contribution < -0.4 is 0 Å². The van der Waals surface area contributed by atoms with E-state index in [4.69, 9.17) is 27.9 Å². The highest BCUT2D eigenvalue weighted by Gasteiger charge is 2.35. The number of aromatic nitrogens is 1. The summed E-state index contributed by atoms with van der Waals surface area (Å²) in [7, 11) is 0. The first-order chi connectivity index (χ1) is 19.9. The fourth-order valence-electron chi connectivity index (χ4n) is 6.35. The van der Waals surface area contributed by atoms with Crippen LogP contribution in [0.4, 0.5) is 4.39 Å². The maximum Gasteiger partial charge on any atom is 0.254 e. The summed E-state index contributed by atoms with van der Waals surface area (Å²) < 4.78 is 19.9. The van der Waals surface area contributed by atoms with Gasteiger partial charge in [0.05, 0.1) is 40.9 Å². The van der Waals surface area contributed by atoms with E-state index >= 15 is 0 Å². The molecule has 2 aromatic carbocycles. The van der Waals surface area contributed by atoms with Crippen LogP contribution in [0.25, 0.3) is 22.2 Å². The lowest BCUT2D eigenvalue weighted by atomic mass is 9.92. The largest absolute Gasteiger partial charge is 0.378 e. The molecule has 0 N–H and O–H groups in total. The molecule has 2 amide bonds. The van der Waals surface area contributed by atoms with Crippen molar-refractivity contribution in [2.75, 3.05) is 52.5 Å². The van der Waals surface area contributed by atoms with Gasteiger partial charge in [-0.25, -0.2) is 9.37 Å². The maximum atomic E-state index is 14.5. The molecular weight excluding hydrogens is 566 g/mol. The van der Waals surface area contributed by atoms with Crippen molar-refractivity contribution in [1.29, 1.82) is 0 Å². The Bertz CT molecular complexity index is 1440. The van der Waals surface area contributed by atoms with E-state index in [2.05, 4.69) is 9.88 Å². The van der Waals surface area contributed by atoms with Crippen LogP contribution >= 0.6 is 23.2 Å². The highest BCUT2D eigenvalue weighted by molar-refractivity contribution is 6.31. The molecule has 0 spiro atoms. The summed E-state index contributed by atoms with van der Waals surface area (Å²) in [5.74, 6) is -0.456. The average Bonchev–Trinajstić information content (AvgIpc) is 3.01. The van der Waals surface area contributed by atoms with Crippen molar-refractivity contribution < 1.29 is 18.7 Å². The molecule has 1 atom stereocenters. The van der Waals surface area contributed by atoms with Crippen LogP contribution in [0.15, 0.2) is 42.5 Å². The molecule has 3 aliphatic rings. The number of nitrogens with zero attached hydrogens (tertiary/aromatic N) is 4. The standard InChI is InChI=1S/C31H33Cl2FN4O3/c32-22-5-3-20(4-6-22)28-17-25(24-16-27(34)26(33)18-29(24)35-28)31(40)36-10-7-23(8-11-36)38-9-1-2-21(19-38)30(39)37-12-14-41-15-13-37/h3-6,16-18,21,23H,1-2,7-15,19H2/t21-/m1/s1. The Labute approximate surface area is 249 Å². The van der Waals surface area contributed by atoms with E-state index in [1.165, 1.54) is 12.1 Å². The minimum atomic E-state index is -0.584. The summed E-state index contributed by atoms with van der Waals surface area (Å²) in [6.45, 7) is 5.52. The SMILES string of the molecule is O=C(c1cc(-c2ccc(Cl)cc2)nc2cc(Cl)c(F)cc12)N1CCC(N2CCC[C@@H](C(=O)N3CCOCC3)C2)CC1. The molecule has 0 aliphatic carbocycles. The van der Waals surface area contributed by atoms with Gasteiger partial charge in [0.15, 0.2) is 0 Å². The number of carbonyl (C=O) groups excluding carboxylic acids is 2. The predicted octanol–water partition coefficient (Wildman–Crippen LogP) is 5.52. The monoisotopic (exact) mass is 598 g/mol. The van der Waals surface area contributed by atoms with E-state index in [1.807, 2.05) is 21.9 Å². The molecule has 1 aromatic heterocycles. The van der Waals surface area contributed by atoms with Crippen molar-refractivity contribution in [3.63, 3.8) is 0 Å². The summed E-state index contributed by atoms with van der Waals surface area (Å²) >= 11 is 12.2. The van der Waals surface area contributed by atoms with Crippen molar-refractivity contribution in [1.82, 2.24) is 19.7 Å². The number of hydrogen-bond donors (Lipinski definition) is 0. The zero-order chi connectivity index (χ0) is 28.5. The van der Waals surface area contributed by atoms with Crippen LogP contribution in [0.3, 0.4) is 0 Å². The number of morpholine rings is 1. The molecule has 10 heteroatoms. The number of benzene rings is 2. The van der Waals surface area contributed by atoms with Crippen LogP contribution in [0.2, 0.25) is 10.0 Å². The van der Waals surface area contributed by atoms with Gasteiger partial charge in [-0.3, -0.25) is 14.5 Å². The summed E-state index contributed by atoms with van der Waals surface area (Å²) in [5, 5.41) is 1.01. The van der Waals surface area contributed by atoms with Crippen molar-refractivity contribution in [3.8, 4) is 11.3 Å². The van der Waals surface area contributed by atoms with E-state index in [0.717, 1.165) is 44.3 Å². The van der Waals surface area contributed by atoms with Gasteiger partial charge >= 0.3 is 0 Å². The smallest absolute Gasteiger partial charge is 0.254 e. The maximum absolute atomic E-state index is 14.5. The van der Waals surface area contributed by atoms with E-state index in [0.29, 0.717) is 72.6 Å². The van der Waals surface area contributed by atoms with Gasteiger partial charge in [-0.05, 0) is 62.6 Å². The van der Waals surface area contributed by atoms with Gasteiger partial charge in [0.1, 0.15) is 5.82 Å². The number of piperidine rings is 2. The minimum absolute atomic E-state index is 0.0257. The van der Waals surface area contributed by atoms with Gasteiger partial charge in [0.25, 0.3) is 5.91 Å². The fraction of sp³-hybridized carbons (Fsp3) is 0.452. The topological polar surface area (TPSA) is 66.0 Å². The van der Waals surface area contributed by atoms with Crippen molar-refractivity contribution in [2.24, 2.45) is 5.92 Å². The number of ether oxygens (including phenoxy) is 1. The molecule has 3 fully saturated rings. The number of likely N-dealkylation sites (tertiary alicyclic amines) is 2. The second-order valence-corrected chi connectivity index (χ2v) is 12.0. The number of fused-ring (bicyclic) bond motifs is 1. The van der Waals surface area contributed by atoms with Crippen LogP contribution in [0.1, 0.15) is 36.0 Å². The molecule has 0 unspecified atom stereocenters. The van der Waals surface area contributed by atoms with Crippen LogP contribution in [0, 0.1) is 11.7 Å². The van der Waals surface area contributed by atoms with Crippen LogP contribution in [0.5, 0.6) is 0 Å². The highest BCUT2D eigenvalue weighted by Crippen LogP contribution is 2.31. The summed E-state index contributed by atoms with van der Waals surface area (Å²) in [4.78, 5) is 38.0. The Morgan fingerprint density at radius 3 is 2.37 bits per heavy atom. The number of carbonyl (C=O) groups is 2. The molecule has 0 saturated carbocycles. The molecule has 3 aromatic rings. The van der Waals surface area contributed by atoms with Gasteiger partial charge in [0.2, 0.25) is 5.91 Å². The van der Waals surface area contributed by atoms with Crippen molar-refractivity contribution >= 4 is 45.9 Å². The number of hydrogen-bond acceptors (Lipinski definition) is 5. The summed E-state index contributed by atoms with van der Waals surface area (Å²) in [5.41, 5.74) is 2.27. The first-order valence-corrected chi connectivity index (χ1v) is 15.1. The molecule has 0 bridgehead atoms. The molecule has 216 valence electrons. The van der Waals surface area contributed by atoms with Gasteiger partial charge in [-0.15, -0.1) is 0 Å². The van der Waals surface area contributed by atoms with Crippen LogP contribution in [-0.4, -0.2) is 90.0 Å². The molecular formula is C31H33Cl2FN4O3. The lowest BCUT2D eigenvalue weighted by molar-refractivity contribution is -0.141. The lowest BCUT2D eigenvalue weighted by Crippen LogP contribution is -2.53.